The second-order valence-electron chi connectivity index (χ2n) is 5.34. The molecule has 0 aliphatic rings. The van der Waals surface area contributed by atoms with Crippen molar-refractivity contribution in [2.24, 2.45) is 0 Å². The van der Waals surface area contributed by atoms with E-state index < -0.39 is 0 Å². The Kier molecular flexibility index (Phi) is 6.29. The van der Waals surface area contributed by atoms with Gasteiger partial charge in [0.2, 0.25) is 0 Å². The van der Waals surface area contributed by atoms with Crippen molar-refractivity contribution in [1.29, 1.82) is 0 Å². The molecule has 0 saturated heterocycles. The number of benzene rings is 1. The summed E-state index contributed by atoms with van der Waals surface area (Å²) in [6, 6.07) is 7.89. The fourth-order valence-corrected chi connectivity index (χ4v) is 1.83. The van der Waals surface area contributed by atoms with E-state index in [0.717, 1.165) is 24.2 Å². The third-order valence-corrected chi connectivity index (χ3v) is 3.74. The van der Waals surface area contributed by atoms with Crippen LogP contribution in [0.15, 0.2) is 36.5 Å². The molecule has 0 radical (unpaired) electrons. The Morgan fingerprint density at radius 1 is 1.35 bits per heavy atom. The zero-order valence-corrected chi connectivity index (χ0v) is 13.1. The first-order valence-electron chi connectivity index (χ1n) is 7.20. The van der Waals surface area contributed by atoms with Crippen LogP contribution in [0.5, 0.6) is 0 Å². The monoisotopic (exact) mass is 274 g/mol. The molecule has 1 unspecified atom stereocenters. The fourth-order valence-electron chi connectivity index (χ4n) is 1.83. The summed E-state index contributed by atoms with van der Waals surface area (Å²) in [5.74, 6) is 0.521. The number of carbonyl (C=O) groups excluding carboxylic acids is 1. The first-order chi connectivity index (χ1) is 9.45. The first-order valence-corrected chi connectivity index (χ1v) is 7.20. The normalized spacial score (nSPS) is 11.8. The molecule has 1 rings (SSSR count). The number of amides is 1. The van der Waals surface area contributed by atoms with Gasteiger partial charge in [0.25, 0.3) is 5.91 Å². The Morgan fingerprint density at radius 3 is 2.45 bits per heavy atom. The molecule has 0 aromatic heterocycles. The molecule has 0 aliphatic heterocycles. The number of likely N-dealkylation sites (N-methyl/N-ethyl adjacent to an activating group) is 1. The topological polar surface area (TPSA) is 32.3 Å². The van der Waals surface area contributed by atoms with Crippen LogP contribution in [-0.2, 0) is 0 Å². The predicted molar refractivity (Wildman–Crippen MR) is 84.9 cm³/mol. The molecule has 1 amide bonds. The Balaban J connectivity index is 2.50. The highest BCUT2D eigenvalue weighted by molar-refractivity contribution is 5.94. The Hall–Kier alpha value is -1.77. The minimum absolute atomic E-state index is 0.0178. The van der Waals surface area contributed by atoms with Crippen LogP contribution < -0.4 is 5.32 Å². The lowest BCUT2D eigenvalue weighted by atomic mass is 9.97. The van der Waals surface area contributed by atoms with Gasteiger partial charge < -0.3 is 10.2 Å². The van der Waals surface area contributed by atoms with Gasteiger partial charge >= 0.3 is 0 Å². The molecular weight excluding hydrogens is 248 g/mol. The Labute approximate surface area is 122 Å². The Bertz CT molecular complexity index is 451. The van der Waals surface area contributed by atoms with E-state index >= 15 is 0 Å². The van der Waals surface area contributed by atoms with Crippen molar-refractivity contribution in [2.45, 2.75) is 33.1 Å². The van der Waals surface area contributed by atoms with Crippen LogP contribution in [0.1, 0.15) is 49.0 Å². The van der Waals surface area contributed by atoms with Gasteiger partial charge in [0.15, 0.2) is 0 Å². The van der Waals surface area contributed by atoms with Crippen LogP contribution in [-0.4, -0.2) is 30.9 Å². The number of rotatable bonds is 7. The average molecular weight is 274 g/mol. The molecule has 0 saturated carbocycles. The van der Waals surface area contributed by atoms with Crippen molar-refractivity contribution < 1.29 is 4.79 Å². The van der Waals surface area contributed by atoms with Gasteiger partial charge in [0.1, 0.15) is 0 Å². The van der Waals surface area contributed by atoms with E-state index in [0.29, 0.717) is 12.5 Å². The molecule has 1 aromatic rings. The zero-order chi connectivity index (χ0) is 15.1. The smallest absolute Gasteiger partial charge is 0.251 e. The van der Waals surface area contributed by atoms with Crippen molar-refractivity contribution >= 4 is 5.91 Å². The largest absolute Gasteiger partial charge is 0.377 e. The first kappa shape index (κ1) is 16.3. The van der Waals surface area contributed by atoms with Gasteiger partial charge in [-0.05, 0) is 37.0 Å². The molecule has 1 atom stereocenters. The average Bonchev–Trinajstić information content (AvgIpc) is 2.46. The maximum absolute atomic E-state index is 12.0. The molecule has 0 heterocycles. The van der Waals surface area contributed by atoms with Gasteiger partial charge in [-0.3, -0.25) is 4.79 Å². The molecule has 110 valence electrons. The van der Waals surface area contributed by atoms with E-state index in [9.17, 15) is 4.79 Å². The fraction of sp³-hybridized carbons (Fsp3) is 0.471. The van der Waals surface area contributed by atoms with Crippen molar-refractivity contribution in [1.82, 2.24) is 10.2 Å². The molecule has 0 fully saturated rings. The van der Waals surface area contributed by atoms with E-state index in [1.54, 1.807) is 0 Å². The van der Waals surface area contributed by atoms with Crippen molar-refractivity contribution in [3.63, 3.8) is 0 Å². The maximum Gasteiger partial charge on any atom is 0.251 e. The minimum Gasteiger partial charge on any atom is -0.377 e. The van der Waals surface area contributed by atoms with E-state index in [4.69, 9.17) is 0 Å². The lowest BCUT2D eigenvalue weighted by molar-refractivity contribution is 0.0951. The summed E-state index contributed by atoms with van der Waals surface area (Å²) in [6.07, 6.45) is 1.11. The Morgan fingerprint density at radius 2 is 1.95 bits per heavy atom. The third-order valence-electron chi connectivity index (χ3n) is 3.74. The van der Waals surface area contributed by atoms with Gasteiger partial charge in [-0.1, -0.05) is 32.6 Å². The molecule has 3 nitrogen and oxygen atoms in total. The van der Waals surface area contributed by atoms with Crippen LogP contribution in [0.25, 0.3) is 0 Å². The highest BCUT2D eigenvalue weighted by Crippen LogP contribution is 2.18. The van der Waals surface area contributed by atoms with E-state index in [1.807, 2.05) is 43.1 Å². The second-order valence-corrected chi connectivity index (χ2v) is 5.34. The summed E-state index contributed by atoms with van der Waals surface area (Å²) < 4.78 is 0. The number of hydrogen-bond acceptors (Lipinski definition) is 2. The highest BCUT2D eigenvalue weighted by atomic mass is 16.1. The molecule has 1 aromatic carbocycles. The van der Waals surface area contributed by atoms with Crippen LogP contribution in [0.3, 0.4) is 0 Å². The van der Waals surface area contributed by atoms with E-state index in [1.165, 1.54) is 5.56 Å². The molecule has 0 bridgehead atoms. The number of hydrogen-bond donors (Lipinski definition) is 1. The summed E-state index contributed by atoms with van der Waals surface area (Å²) in [7, 11) is 1.97. The lowest BCUT2D eigenvalue weighted by Gasteiger charge is -2.18. The number of allylic oxidation sites excluding steroid dienone is 1. The maximum atomic E-state index is 12.0. The lowest BCUT2D eigenvalue weighted by Crippen LogP contribution is -2.32. The van der Waals surface area contributed by atoms with Gasteiger partial charge in [-0.2, -0.15) is 0 Å². The van der Waals surface area contributed by atoms with Crippen LogP contribution >= 0.6 is 0 Å². The van der Waals surface area contributed by atoms with E-state index in [-0.39, 0.29) is 5.91 Å². The molecule has 3 heteroatoms. The van der Waals surface area contributed by atoms with Gasteiger partial charge in [0.05, 0.1) is 0 Å². The number of nitrogens with zero attached hydrogens (tertiary/aromatic N) is 1. The van der Waals surface area contributed by atoms with Crippen LogP contribution in [0.4, 0.5) is 0 Å². The minimum atomic E-state index is -0.0178. The summed E-state index contributed by atoms with van der Waals surface area (Å²) >= 11 is 0. The SMILES string of the molecule is C=C(C)N(C)CCNC(=O)c1ccc(C(C)CC)cc1. The molecule has 1 N–H and O–H groups in total. The zero-order valence-electron chi connectivity index (χ0n) is 13.1. The van der Waals surface area contributed by atoms with Gasteiger partial charge in [-0.15, -0.1) is 0 Å². The van der Waals surface area contributed by atoms with Crippen LogP contribution in [0.2, 0.25) is 0 Å². The van der Waals surface area contributed by atoms with Gasteiger partial charge in [-0.25, -0.2) is 0 Å². The van der Waals surface area contributed by atoms with E-state index in [2.05, 4.69) is 25.7 Å². The highest BCUT2D eigenvalue weighted by Gasteiger charge is 2.07. The number of carbonyl (C=O) groups is 1. The van der Waals surface area contributed by atoms with Gasteiger partial charge in [0, 0.05) is 31.4 Å². The standard InChI is InChI=1S/C17H26N2O/c1-6-14(4)15-7-9-16(10-8-15)17(20)18-11-12-19(5)13(2)3/h7-10,14H,2,6,11-12H2,1,3-5H3,(H,18,20). The third kappa shape index (κ3) is 4.72. The van der Waals surface area contributed by atoms with Crippen molar-refractivity contribution in [3.05, 3.63) is 47.7 Å². The molecule has 20 heavy (non-hydrogen) atoms. The van der Waals surface area contributed by atoms with Crippen molar-refractivity contribution in [2.75, 3.05) is 20.1 Å². The summed E-state index contributed by atoms with van der Waals surface area (Å²) in [5, 5.41) is 2.93. The summed E-state index contributed by atoms with van der Waals surface area (Å²) in [5.41, 5.74) is 3.00. The van der Waals surface area contributed by atoms with Crippen LogP contribution in [0, 0.1) is 0 Å². The predicted octanol–water partition coefficient (Wildman–Crippen LogP) is 3.40. The molecule has 0 spiro atoms. The quantitative estimate of drug-likeness (QED) is 0.826. The van der Waals surface area contributed by atoms with Crippen molar-refractivity contribution in [3.8, 4) is 0 Å². The molecular formula is C17H26N2O. The number of nitrogens with one attached hydrogen (secondary N) is 1. The summed E-state index contributed by atoms with van der Waals surface area (Å²) in [4.78, 5) is 14.0. The molecule has 0 aliphatic carbocycles. The summed E-state index contributed by atoms with van der Waals surface area (Å²) in [6.45, 7) is 11.6. The second kappa shape index (κ2) is 7.73.